The highest BCUT2D eigenvalue weighted by Gasteiger charge is 2.28. The summed E-state index contributed by atoms with van der Waals surface area (Å²) in [7, 11) is 0. The Balaban J connectivity index is 2.54. The normalized spacial score (nSPS) is 42.6. The van der Waals surface area contributed by atoms with Crippen LogP contribution in [0.15, 0.2) is 0 Å². The first-order chi connectivity index (χ1) is 4.25. The molecular formula is C7H12N2. The van der Waals surface area contributed by atoms with Crippen molar-refractivity contribution in [3.05, 3.63) is 0 Å². The summed E-state index contributed by atoms with van der Waals surface area (Å²) in [6, 6.07) is 2.33. The number of rotatable bonds is 0. The van der Waals surface area contributed by atoms with E-state index in [2.05, 4.69) is 25.2 Å². The molecule has 0 aliphatic carbocycles. The lowest BCUT2D eigenvalue weighted by molar-refractivity contribution is 0.462. The maximum absolute atomic E-state index is 8.54. The van der Waals surface area contributed by atoms with Crippen molar-refractivity contribution in [1.29, 1.82) is 5.26 Å². The predicted molar refractivity (Wildman–Crippen MR) is 35.7 cm³/mol. The third-order valence-corrected chi connectivity index (χ3v) is 2.22. The number of hydrogen-bond acceptors (Lipinski definition) is 2. The van der Waals surface area contributed by atoms with E-state index in [1.165, 1.54) is 0 Å². The Hall–Kier alpha value is -0.550. The first-order valence-corrected chi connectivity index (χ1v) is 3.38. The van der Waals surface area contributed by atoms with Gasteiger partial charge in [-0.05, 0) is 18.4 Å². The van der Waals surface area contributed by atoms with Crippen molar-refractivity contribution in [2.45, 2.75) is 19.9 Å². The molecule has 0 aromatic heterocycles. The van der Waals surface area contributed by atoms with Gasteiger partial charge < -0.3 is 5.32 Å². The van der Waals surface area contributed by atoms with Crippen molar-refractivity contribution in [3.63, 3.8) is 0 Å². The van der Waals surface area contributed by atoms with E-state index in [0.717, 1.165) is 6.54 Å². The smallest absolute Gasteiger partial charge is 0.0981 e. The molecule has 2 nitrogen and oxygen atoms in total. The SMILES string of the molecule is C[C@@H]1[C@H](C)CN[C@@H]1C#N. The third-order valence-electron chi connectivity index (χ3n) is 2.22. The lowest BCUT2D eigenvalue weighted by atomic mass is 9.95. The van der Waals surface area contributed by atoms with Gasteiger partial charge in [-0.3, -0.25) is 0 Å². The Kier molecular flexibility index (Phi) is 1.73. The second-order valence-corrected chi connectivity index (χ2v) is 2.85. The molecule has 0 aromatic carbocycles. The minimum Gasteiger partial charge on any atom is -0.301 e. The van der Waals surface area contributed by atoms with E-state index in [1.807, 2.05) is 0 Å². The van der Waals surface area contributed by atoms with Crippen molar-refractivity contribution in [3.8, 4) is 6.07 Å². The Bertz CT molecular complexity index is 136. The average Bonchev–Trinajstić information content (AvgIpc) is 2.15. The number of nitrogens with one attached hydrogen (secondary N) is 1. The molecule has 1 fully saturated rings. The van der Waals surface area contributed by atoms with Crippen LogP contribution < -0.4 is 5.32 Å². The Morgan fingerprint density at radius 2 is 2.22 bits per heavy atom. The highest BCUT2D eigenvalue weighted by atomic mass is 15.0. The molecule has 1 N–H and O–H groups in total. The highest BCUT2D eigenvalue weighted by Crippen LogP contribution is 2.19. The molecule has 2 heteroatoms. The standard InChI is InChI=1S/C7H12N2/c1-5-4-9-7(3-8)6(5)2/h5-7,9H,4H2,1-2H3/t5-,6-,7-/m1/s1. The maximum atomic E-state index is 8.54. The fourth-order valence-electron chi connectivity index (χ4n) is 1.18. The van der Waals surface area contributed by atoms with E-state index >= 15 is 0 Å². The van der Waals surface area contributed by atoms with Gasteiger partial charge in [0.1, 0.15) is 0 Å². The molecular weight excluding hydrogens is 112 g/mol. The number of nitrogens with zero attached hydrogens (tertiary/aromatic N) is 1. The van der Waals surface area contributed by atoms with Crippen LogP contribution in [0.5, 0.6) is 0 Å². The first kappa shape index (κ1) is 6.57. The zero-order valence-corrected chi connectivity index (χ0v) is 5.89. The molecule has 1 heterocycles. The lowest BCUT2D eigenvalue weighted by Gasteiger charge is -2.08. The minimum atomic E-state index is 0.0972. The summed E-state index contributed by atoms with van der Waals surface area (Å²) in [6.07, 6.45) is 0. The molecule has 0 radical (unpaired) electrons. The van der Waals surface area contributed by atoms with Gasteiger partial charge in [-0.2, -0.15) is 5.26 Å². The largest absolute Gasteiger partial charge is 0.301 e. The topological polar surface area (TPSA) is 35.8 Å². The Labute approximate surface area is 55.9 Å². The highest BCUT2D eigenvalue weighted by molar-refractivity contribution is 4.99. The predicted octanol–water partition coefficient (Wildman–Crippen LogP) is 0.754. The summed E-state index contributed by atoms with van der Waals surface area (Å²) in [6.45, 7) is 5.30. The van der Waals surface area contributed by atoms with Gasteiger partial charge in [0.05, 0.1) is 12.1 Å². The van der Waals surface area contributed by atoms with Gasteiger partial charge in [0.2, 0.25) is 0 Å². The lowest BCUT2D eigenvalue weighted by Crippen LogP contribution is -2.23. The van der Waals surface area contributed by atoms with Crippen LogP contribution in [0, 0.1) is 23.2 Å². The minimum absolute atomic E-state index is 0.0972. The molecule has 1 rings (SSSR count). The van der Waals surface area contributed by atoms with Crippen LogP contribution in [0.4, 0.5) is 0 Å². The van der Waals surface area contributed by atoms with Gasteiger partial charge >= 0.3 is 0 Å². The second kappa shape index (κ2) is 2.36. The van der Waals surface area contributed by atoms with Gasteiger partial charge in [0.25, 0.3) is 0 Å². The van der Waals surface area contributed by atoms with Crippen molar-refractivity contribution in [2.75, 3.05) is 6.54 Å². The monoisotopic (exact) mass is 124 g/mol. The molecule has 1 saturated heterocycles. The van der Waals surface area contributed by atoms with E-state index < -0.39 is 0 Å². The van der Waals surface area contributed by atoms with Crippen LogP contribution in [0.1, 0.15) is 13.8 Å². The summed E-state index contributed by atoms with van der Waals surface area (Å²) in [5.74, 6) is 1.18. The van der Waals surface area contributed by atoms with Gasteiger partial charge in [-0.25, -0.2) is 0 Å². The van der Waals surface area contributed by atoms with Gasteiger partial charge in [0, 0.05) is 0 Å². The van der Waals surface area contributed by atoms with Gasteiger partial charge in [0.15, 0.2) is 0 Å². The molecule has 0 saturated carbocycles. The van der Waals surface area contributed by atoms with Crippen LogP contribution in [0.2, 0.25) is 0 Å². The van der Waals surface area contributed by atoms with E-state index in [4.69, 9.17) is 5.26 Å². The van der Waals surface area contributed by atoms with Gasteiger partial charge in [-0.15, -0.1) is 0 Å². The van der Waals surface area contributed by atoms with Crippen molar-refractivity contribution in [1.82, 2.24) is 5.32 Å². The third kappa shape index (κ3) is 1.06. The van der Waals surface area contributed by atoms with Crippen LogP contribution >= 0.6 is 0 Å². The quantitative estimate of drug-likeness (QED) is 0.517. The van der Waals surface area contributed by atoms with Crippen LogP contribution in [-0.2, 0) is 0 Å². The van der Waals surface area contributed by atoms with Crippen molar-refractivity contribution >= 4 is 0 Å². The Morgan fingerprint density at radius 3 is 2.44 bits per heavy atom. The summed E-state index contributed by atoms with van der Waals surface area (Å²) in [4.78, 5) is 0. The fraction of sp³-hybridized carbons (Fsp3) is 0.857. The Morgan fingerprint density at radius 1 is 1.56 bits per heavy atom. The molecule has 0 spiro atoms. The van der Waals surface area contributed by atoms with Crippen LogP contribution in [0.3, 0.4) is 0 Å². The van der Waals surface area contributed by atoms with Crippen LogP contribution in [-0.4, -0.2) is 12.6 Å². The van der Waals surface area contributed by atoms with Crippen molar-refractivity contribution in [2.24, 2.45) is 11.8 Å². The van der Waals surface area contributed by atoms with E-state index in [0.29, 0.717) is 11.8 Å². The molecule has 3 atom stereocenters. The maximum Gasteiger partial charge on any atom is 0.0981 e. The fourth-order valence-corrected chi connectivity index (χ4v) is 1.18. The molecule has 9 heavy (non-hydrogen) atoms. The second-order valence-electron chi connectivity index (χ2n) is 2.85. The molecule has 0 amide bonds. The van der Waals surface area contributed by atoms with E-state index in [1.54, 1.807) is 0 Å². The summed E-state index contributed by atoms with van der Waals surface area (Å²) in [5.41, 5.74) is 0. The zero-order chi connectivity index (χ0) is 6.85. The molecule has 0 aromatic rings. The average molecular weight is 124 g/mol. The summed E-state index contributed by atoms with van der Waals surface area (Å²) >= 11 is 0. The van der Waals surface area contributed by atoms with Crippen LogP contribution in [0.25, 0.3) is 0 Å². The molecule has 0 unspecified atom stereocenters. The molecule has 1 aliphatic heterocycles. The number of nitriles is 1. The van der Waals surface area contributed by atoms with E-state index in [9.17, 15) is 0 Å². The summed E-state index contributed by atoms with van der Waals surface area (Å²) in [5, 5.41) is 11.7. The zero-order valence-electron chi connectivity index (χ0n) is 5.89. The first-order valence-electron chi connectivity index (χ1n) is 3.38. The van der Waals surface area contributed by atoms with Crippen molar-refractivity contribution < 1.29 is 0 Å². The molecule has 0 bridgehead atoms. The van der Waals surface area contributed by atoms with Gasteiger partial charge in [-0.1, -0.05) is 13.8 Å². The number of hydrogen-bond donors (Lipinski definition) is 1. The summed E-state index contributed by atoms with van der Waals surface area (Å²) < 4.78 is 0. The molecule has 50 valence electrons. The van der Waals surface area contributed by atoms with E-state index in [-0.39, 0.29) is 6.04 Å². The molecule has 1 aliphatic rings.